The number of rotatable bonds is 6. The molecule has 148 valence electrons. The summed E-state index contributed by atoms with van der Waals surface area (Å²) < 4.78 is 6.48. The van der Waals surface area contributed by atoms with E-state index in [0.29, 0.717) is 49.7 Å². The third-order valence-electron chi connectivity index (χ3n) is 4.69. The van der Waals surface area contributed by atoms with Crippen molar-refractivity contribution in [2.75, 3.05) is 25.0 Å². The highest BCUT2D eigenvalue weighted by atomic mass is 79.9. The summed E-state index contributed by atoms with van der Waals surface area (Å²) in [5, 5.41) is 2.85. The van der Waals surface area contributed by atoms with Crippen molar-refractivity contribution in [1.29, 1.82) is 0 Å². The number of nitrogens with zero attached hydrogens (tertiary/aromatic N) is 2. The van der Waals surface area contributed by atoms with Gasteiger partial charge >= 0.3 is 0 Å². The van der Waals surface area contributed by atoms with Gasteiger partial charge in [-0.05, 0) is 65.5 Å². The number of piperidine rings is 1. The summed E-state index contributed by atoms with van der Waals surface area (Å²) in [6, 6.07) is 10.9. The predicted molar refractivity (Wildman–Crippen MR) is 111 cm³/mol. The Labute approximate surface area is 173 Å². The van der Waals surface area contributed by atoms with E-state index in [1.807, 2.05) is 25.1 Å². The van der Waals surface area contributed by atoms with Gasteiger partial charge in [-0.25, -0.2) is 4.98 Å². The SMILES string of the molecule is CCCOc1cccc(C(=O)N2CCC(C(=O)Nc3ccc(Br)cn3)CC2)c1. The number of amides is 2. The van der Waals surface area contributed by atoms with E-state index < -0.39 is 0 Å². The zero-order chi connectivity index (χ0) is 19.9. The average Bonchev–Trinajstić information content (AvgIpc) is 2.73. The van der Waals surface area contributed by atoms with Crippen LogP contribution in [0.5, 0.6) is 5.75 Å². The van der Waals surface area contributed by atoms with Gasteiger partial charge in [-0.2, -0.15) is 0 Å². The summed E-state index contributed by atoms with van der Waals surface area (Å²) in [6.07, 6.45) is 3.85. The van der Waals surface area contributed by atoms with Crippen LogP contribution in [-0.4, -0.2) is 41.4 Å². The Morgan fingerprint density at radius 2 is 2.04 bits per heavy atom. The fourth-order valence-electron chi connectivity index (χ4n) is 3.14. The number of carbonyl (C=O) groups excluding carboxylic acids is 2. The van der Waals surface area contributed by atoms with Crippen molar-refractivity contribution in [2.45, 2.75) is 26.2 Å². The maximum Gasteiger partial charge on any atom is 0.253 e. The van der Waals surface area contributed by atoms with Crippen molar-refractivity contribution >= 4 is 33.6 Å². The van der Waals surface area contributed by atoms with Crippen LogP contribution in [0.1, 0.15) is 36.5 Å². The maximum atomic E-state index is 12.8. The number of pyridine rings is 1. The lowest BCUT2D eigenvalue weighted by atomic mass is 9.95. The topological polar surface area (TPSA) is 71.5 Å². The van der Waals surface area contributed by atoms with Crippen LogP contribution in [0, 0.1) is 5.92 Å². The Bertz CT molecular complexity index is 818. The van der Waals surface area contributed by atoms with Crippen LogP contribution in [0.25, 0.3) is 0 Å². The van der Waals surface area contributed by atoms with Crippen molar-refractivity contribution in [3.63, 3.8) is 0 Å². The normalized spacial score (nSPS) is 14.6. The minimum atomic E-state index is -0.117. The first-order valence-corrected chi connectivity index (χ1v) is 10.3. The first kappa shape index (κ1) is 20.3. The van der Waals surface area contributed by atoms with E-state index in [9.17, 15) is 9.59 Å². The highest BCUT2D eigenvalue weighted by Crippen LogP contribution is 2.22. The van der Waals surface area contributed by atoms with E-state index in [1.54, 1.807) is 29.3 Å². The predicted octanol–water partition coefficient (Wildman–Crippen LogP) is 4.12. The van der Waals surface area contributed by atoms with Crippen LogP contribution in [0.15, 0.2) is 47.1 Å². The van der Waals surface area contributed by atoms with E-state index >= 15 is 0 Å². The van der Waals surface area contributed by atoms with Gasteiger partial charge in [0, 0.05) is 35.2 Å². The van der Waals surface area contributed by atoms with Gasteiger partial charge in [0.25, 0.3) is 5.91 Å². The molecule has 7 heteroatoms. The second-order valence-corrected chi connectivity index (χ2v) is 7.71. The number of likely N-dealkylation sites (tertiary alicyclic amines) is 1. The van der Waals surface area contributed by atoms with Crippen LogP contribution in [-0.2, 0) is 4.79 Å². The van der Waals surface area contributed by atoms with Crippen molar-refractivity contribution in [3.8, 4) is 5.75 Å². The zero-order valence-electron chi connectivity index (χ0n) is 15.9. The molecule has 2 heterocycles. The standard InChI is InChI=1S/C21H24BrN3O3/c1-2-12-28-18-5-3-4-16(13-18)21(27)25-10-8-15(9-11-25)20(26)24-19-7-6-17(22)14-23-19/h3-7,13-15H,2,8-12H2,1H3,(H,23,24,26). The summed E-state index contributed by atoms with van der Waals surface area (Å²) in [5.41, 5.74) is 0.621. The molecule has 6 nitrogen and oxygen atoms in total. The lowest BCUT2D eigenvalue weighted by molar-refractivity contribution is -0.121. The van der Waals surface area contributed by atoms with Gasteiger partial charge in [0.1, 0.15) is 11.6 Å². The first-order valence-electron chi connectivity index (χ1n) is 9.51. The minimum absolute atomic E-state index is 0.0182. The molecule has 0 bridgehead atoms. The Morgan fingerprint density at radius 1 is 1.25 bits per heavy atom. The second kappa shape index (κ2) is 9.68. The number of carbonyl (C=O) groups is 2. The van der Waals surface area contributed by atoms with Crippen LogP contribution in [0.2, 0.25) is 0 Å². The molecule has 0 radical (unpaired) electrons. The third-order valence-corrected chi connectivity index (χ3v) is 5.15. The number of benzene rings is 1. The van der Waals surface area contributed by atoms with Crippen molar-refractivity contribution in [1.82, 2.24) is 9.88 Å². The smallest absolute Gasteiger partial charge is 0.253 e. The van der Waals surface area contributed by atoms with Gasteiger partial charge < -0.3 is 15.0 Å². The van der Waals surface area contributed by atoms with E-state index in [4.69, 9.17) is 4.74 Å². The van der Waals surface area contributed by atoms with E-state index in [2.05, 4.69) is 26.2 Å². The fourth-order valence-corrected chi connectivity index (χ4v) is 3.38. The average molecular weight is 446 g/mol. The molecule has 1 N–H and O–H groups in total. The maximum absolute atomic E-state index is 12.8. The zero-order valence-corrected chi connectivity index (χ0v) is 17.4. The van der Waals surface area contributed by atoms with Gasteiger partial charge in [-0.3, -0.25) is 9.59 Å². The summed E-state index contributed by atoms with van der Waals surface area (Å²) >= 11 is 3.32. The van der Waals surface area contributed by atoms with Crippen molar-refractivity contribution < 1.29 is 14.3 Å². The number of aromatic nitrogens is 1. The highest BCUT2D eigenvalue weighted by Gasteiger charge is 2.28. The van der Waals surface area contributed by atoms with Crippen LogP contribution in [0.4, 0.5) is 5.82 Å². The fraction of sp³-hybridized carbons (Fsp3) is 0.381. The number of hydrogen-bond donors (Lipinski definition) is 1. The lowest BCUT2D eigenvalue weighted by Crippen LogP contribution is -2.41. The molecule has 2 aromatic rings. The third kappa shape index (κ3) is 5.32. The summed E-state index contributed by atoms with van der Waals surface area (Å²) in [6.45, 7) is 3.79. The summed E-state index contributed by atoms with van der Waals surface area (Å²) in [5.74, 6) is 1.07. The van der Waals surface area contributed by atoms with E-state index in [1.165, 1.54) is 0 Å². The molecule has 1 aromatic carbocycles. The molecule has 1 saturated heterocycles. The molecule has 3 rings (SSSR count). The molecular formula is C21H24BrN3O3. The lowest BCUT2D eigenvalue weighted by Gasteiger charge is -2.31. The first-order chi connectivity index (χ1) is 13.6. The molecular weight excluding hydrogens is 422 g/mol. The largest absolute Gasteiger partial charge is 0.494 e. The van der Waals surface area contributed by atoms with E-state index in [0.717, 1.165) is 10.9 Å². The minimum Gasteiger partial charge on any atom is -0.494 e. The highest BCUT2D eigenvalue weighted by molar-refractivity contribution is 9.10. The molecule has 28 heavy (non-hydrogen) atoms. The number of anilines is 1. The molecule has 2 amide bonds. The molecule has 0 atom stereocenters. The molecule has 0 saturated carbocycles. The van der Waals surface area contributed by atoms with Gasteiger partial charge in [0.05, 0.1) is 6.61 Å². The van der Waals surface area contributed by atoms with Crippen LogP contribution < -0.4 is 10.1 Å². The molecule has 0 aliphatic carbocycles. The molecule has 0 spiro atoms. The molecule has 0 unspecified atom stereocenters. The van der Waals surface area contributed by atoms with Gasteiger partial charge in [-0.15, -0.1) is 0 Å². The number of halogens is 1. The Hall–Kier alpha value is -2.41. The number of ether oxygens (including phenoxy) is 1. The number of nitrogens with one attached hydrogen (secondary N) is 1. The van der Waals surface area contributed by atoms with Crippen molar-refractivity contribution in [2.24, 2.45) is 5.92 Å². The summed E-state index contributed by atoms with van der Waals surface area (Å²) in [7, 11) is 0. The Morgan fingerprint density at radius 3 is 2.71 bits per heavy atom. The molecule has 1 fully saturated rings. The summed E-state index contributed by atoms with van der Waals surface area (Å²) in [4.78, 5) is 31.2. The Balaban J connectivity index is 1.53. The Kier molecular flexibility index (Phi) is 7.03. The second-order valence-electron chi connectivity index (χ2n) is 6.79. The van der Waals surface area contributed by atoms with Gasteiger partial charge in [-0.1, -0.05) is 13.0 Å². The molecule has 1 aliphatic heterocycles. The van der Waals surface area contributed by atoms with Crippen LogP contribution >= 0.6 is 15.9 Å². The van der Waals surface area contributed by atoms with Gasteiger partial charge in [0.2, 0.25) is 5.91 Å². The quantitative estimate of drug-likeness (QED) is 0.725. The molecule has 1 aromatic heterocycles. The molecule has 1 aliphatic rings. The van der Waals surface area contributed by atoms with E-state index in [-0.39, 0.29) is 17.7 Å². The van der Waals surface area contributed by atoms with Crippen molar-refractivity contribution in [3.05, 3.63) is 52.6 Å². The van der Waals surface area contributed by atoms with Crippen LogP contribution in [0.3, 0.4) is 0 Å². The van der Waals surface area contributed by atoms with Gasteiger partial charge in [0.15, 0.2) is 0 Å². The monoisotopic (exact) mass is 445 g/mol. The number of hydrogen-bond acceptors (Lipinski definition) is 4.